The van der Waals surface area contributed by atoms with E-state index in [-0.39, 0.29) is 6.54 Å². The van der Waals surface area contributed by atoms with Crippen molar-refractivity contribution in [2.45, 2.75) is 6.54 Å². The number of hydrogen-bond donors (Lipinski definition) is 2. The van der Waals surface area contributed by atoms with E-state index < -0.39 is 11.8 Å². The fourth-order valence-corrected chi connectivity index (χ4v) is 2.62. The van der Waals surface area contributed by atoms with Crippen LogP contribution in [-0.4, -0.2) is 18.9 Å². The van der Waals surface area contributed by atoms with E-state index in [1.54, 1.807) is 19.2 Å². The third-order valence-corrected chi connectivity index (χ3v) is 3.88. The zero-order valence-corrected chi connectivity index (χ0v) is 13.8. The number of para-hydroxylation sites is 1. The molecule has 0 saturated heterocycles. The summed E-state index contributed by atoms with van der Waals surface area (Å²) in [7, 11) is 1.56. The van der Waals surface area contributed by atoms with Crippen molar-refractivity contribution in [3.05, 3.63) is 72.3 Å². The van der Waals surface area contributed by atoms with Crippen molar-refractivity contribution in [1.82, 2.24) is 5.32 Å². The summed E-state index contributed by atoms with van der Waals surface area (Å²) in [5, 5.41) is 7.16. The van der Waals surface area contributed by atoms with Crippen molar-refractivity contribution >= 4 is 28.3 Å². The first-order valence-electron chi connectivity index (χ1n) is 7.88. The van der Waals surface area contributed by atoms with Gasteiger partial charge in [0.2, 0.25) is 0 Å². The van der Waals surface area contributed by atoms with Crippen LogP contribution in [0.2, 0.25) is 0 Å². The first-order chi connectivity index (χ1) is 12.2. The molecule has 0 atom stereocenters. The Labute approximate surface area is 145 Å². The van der Waals surface area contributed by atoms with Crippen molar-refractivity contribution < 1.29 is 14.3 Å². The van der Waals surface area contributed by atoms with E-state index in [0.29, 0.717) is 11.4 Å². The van der Waals surface area contributed by atoms with Crippen LogP contribution in [0.1, 0.15) is 5.56 Å². The lowest BCUT2D eigenvalue weighted by Gasteiger charge is -2.11. The van der Waals surface area contributed by atoms with E-state index in [9.17, 15) is 9.59 Å². The first kappa shape index (κ1) is 16.5. The van der Waals surface area contributed by atoms with Gasteiger partial charge in [0.15, 0.2) is 0 Å². The maximum Gasteiger partial charge on any atom is 0.313 e. The molecule has 0 aliphatic heterocycles. The molecule has 0 aromatic heterocycles. The average molecular weight is 334 g/mol. The molecule has 3 rings (SSSR count). The molecular weight excluding hydrogens is 316 g/mol. The molecule has 0 saturated carbocycles. The number of anilines is 1. The van der Waals surface area contributed by atoms with Gasteiger partial charge in [-0.1, -0.05) is 54.6 Å². The number of benzene rings is 3. The van der Waals surface area contributed by atoms with E-state index in [1.165, 1.54) is 0 Å². The van der Waals surface area contributed by atoms with Crippen LogP contribution in [0, 0.1) is 0 Å². The van der Waals surface area contributed by atoms with Crippen molar-refractivity contribution in [2.75, 3.05) is 12.4 Å². The highest BCUT2D eigenvalue weighted by Gasteiger charge is 2.15. The standard InChI is InChI=1S/C20H18N2O3/c1-25-18-12-5-3-8-15(18)13-21-19(23)20(24)22-17-11-6-9-14-7-2-4-10-16(14)17/h2-12H,13H2,1H3,(H,21,23)(H,22,24). The third-order valence-electron chi connectivity index (χ3n) is 3.88. The quantitative estimate of drug-likeness (QED) is 0.721. The van der Waals surface area contributed by atoms with Crippen LogP contribution in [0.25, 0.3) is 10.8 Å². The summed E-state index contributed by atoms with van der Waals surface area (Å²) in [5.74, 6) is -0.734. The second kappa shape index (κ2) is 7.49. The summed E-state index contributed by atoms with van der Waals surface area (Å²) in [6, 6.07) is 20.6. The number of ether oxygens (including phenoxy) is 1. The van der Waals surface area contributed by atoms with Gasteiger partial charge in [0.05, 0.1) is 7.11 Å². The Morgan fingerprint density at radius 1 is 0.880 bits per heavy atom. The minimum absolute atomic E-state index is 0.214. The predicted molar refractivity (Wildman–Crippen MR) is 97.4 cm³/mol. The number of carbonyl (C=O) groups is 2. The Bertz CT molecular complexity index is 916. The number of rotatable bonds is 4. The summed E-state index contributed by atoms with van der Waals surface area (Å²) in [6.45, 7) is 0.214. The molecule has 126 valence electrons. The molecule has 5 heteroatoms. The largest absolute Gasteiger partial charge is 0.496 e. The van der Waals surface area contributed by atoms with Crippen molar-refractivity contribution in [3.8, 4) is 5.75 Å². The lowest BCUT2D eigenvalue weighted by Crippen LogP contribution is -2.35. The molecule has 0 spiro atoms. The average Bonchev–Trinajstić information content (AvgIpc) is 2.66. The van der Waals surface area contributed by atoms with Crippen LogP contribution in [0.5, 0.6) is 5.75 Å². The van der Waals surface area contributed by atoms with Crippen LogP contribution in [0.3, 0.4) is 0 Å². The Morgan fingerprint density at radius 2 is 1.60 bits per heavy atom. The number of fused-ring (bicyclic) bond motifs is 1. The van der Waals surface area contributed by atoms with Gasteiger partial charge in [0.1, 0.15) is 5.75 Å². The maximum absolute atomic E-state index is 12.2. The molecule has 0 bridgehead atoms. The first-order valence-corrected chi connectivity index (χ1v) is 7.88. The van der Waals surface area contributed by atoms with Crippen molar-refractivity contribution in [3.63, 3.8) is 0 Å². The summed E-state index contributed by atoms with van der Waals surface area (Å²) in [4.78, 5) is 24.3. The lowest BCUT2D eigenvalue weighted by atomic mass is 10.1. The fraction of sp³-hybridized carbons (Fsp3) is 0.100. The highest BCUT2D eigenvalue weighted by molar-refractivity contribution is 6.40. The van der Waals surface area contributed by atoms with Gasteiger partial charge in [-0.25, -0.2) is 0 Å². The van der Waals surface area contributed by atoms with Crippen LogP contribution < -0.4 is 15.4 Å². The zero-order chi connectivity index (χ0) is 17.6. The van der Waals surface area contributed by atoms with E-state index in [4.69, 9.17) is 4.74 Å². The monoisotopic (exact) mass is 334 g/mol. The van der Waals surface area contributed by atoms with Crippen LogP contribution >= 0.6 is 0 Å². The summed E-state index contributed by atoms with van der Waals surface area (Å²) < 4.78 is 5.23. The molecule has 3 aromatic carbocycles. The van der Waals surface area contributed by atoms with Gasteiger partial charge in [-0.2, -0.15) is 0 Å². The van der Waals surface area contributed by atoms with Gasteiger partial charge < -0.3 is 15.4 Å². The maximum atomic E-state index is 12.2. The van der Waals surface area contributed by atoms with Gasteiger partial charge >= 0.3 is 11.8 Å². The topological polar surface area (TPSA) is 67.4 Å². The minimum Gasteiger partial charge on any atom is -0.496 e. The highest BCUT2D eigenvalue weighted by atomic mass is 16.5. The second-order valence-corrected chi connectivity index (χ2v) is 5.48. The number of amides is 2. The Morgan fingerprint density at radius 3 is 2.44 bits per heavy atom. The van der Waals surface area contributed by atoms with E-state index in [1.807, 2.05) is 54.6 Å². The number of methoxy groups -OCH3 is 1. The molecule has 0 aliphatic carbocycles. The van der Waals surface area contributed by atoms with E-state index in [0.717, 1.165) is 16.3 Å². The molecule has 2 amide bonds. The second-order valence-electron chi connectivity index (χ2n) is 5.48. The molecule has 25 heavy (non-hydrogen) atoms. The molecule has 0 heterocycles. The SMILES string of the molecule is COc1ccccc1CNC(=O)C(=O)Nc1cccc2ccccc12. The van der Waals surface area contributed by atoms with Crippen LogP contribution in [-0.2, 0) is 16.1 Å². The minimum atomic E-state index is -0.703. The Kier molecular flexibility index (Phi) is 4.95. The number of hydrogen-bond acceptors (Lipinski definition) is 3. The third kappa shape index (κ3) is 3.77. The fourth-order valence-electron chi connectivity index (χ4n) is 2.62. The molecule has 0 aliphatic rings. The van der Waals surface area contributed by atoms with Gasteiger partial charge in [0, 0.05) is 23.2 Å². The van der Waals surface area contributed by atoms with Gasteiger partial charge in [-0.3, -0.25) is 9.59 Å². The van der Waals surface area contributed by atoms with E-state index in [2.05, 4.69) is 10.6 Å². The molecule has 0 radical (unpaired) electrons. The molecule has 5 nitrogen and oxygen atoms in total. The van der Waals surface area contributed by atoms with E-state index >= 15 is 0 Å². The van der Waals surface area contributed by atoms with Crippen molar-refractivity contribution in [2.24, 2.45) is 0 Å². The molecule has 0 unspecified atom stereocenters. The Balaban J connectivity index is 1.67. The van der Waals surface area contributed by atoms with Crippen LogP contribution in [0.4, 0.5) is 5.69 Å². The lowest BCUT2D eigenvalue weighted by molar-refractivity contribution is -0.136. The van der Waals surface area contributed by atoms with Crippen molar-refractivity contribution in [1.29, 1.82) is 0 Å². The van der Waals surface area contributed by atoms with Crippen LogP contribution in [0.15, 0.2) is 66.7 Å². The molecular formula is C20H18N2O3. The normalized spacial score (nSPS) is 10.3. The summed E-state index contributed by atoms with van der Waals surface area (Å²) in [6.07, 6.45) is 0. The van der Waals surface area contributed by atoms with Gasteiger partial charge in [-0.15, -0.1) is 0 Å². The smallest absolute Gasteiger partial charge is 0.313 e. The predicted octanol–water partition coefficient (Wildman–Crippen LogP) is 3.10. The van der Waals surface area contributed by atoms with Gasteiger partial charge in [0.25, 0.3) is 0 Å². The molecule has 0 fully saturated rings. The number of nitrogens with one attached hydrogen (secondary N) is 2. The summed E-state index contributed by atoms with van der Waals surface area (Å²) >= 11 is 0. The van der Waals surface area contributed by atoms with Gasteiger partial charge in [-0.05, 0) is 17.5 Å². The highest BCUT2D eigenvalue weighted by Crippen LogP contribution is 2.22. The zero-order valence-electron chi connectivity index (χ0n) is 13.8. The Hall–Kier alpha value is -3.34. The molecule has 3 aromatic rings. The summed E-state index contributed by atoms with van der Waals surface area (Å²) in [5.41, 5.74) is 1.41. The molecule has 2 N–H and O–H groups in total. The number of carbonyl (C=O) groups excluding carboxylic acids is 2.